The predicted octanol–water partition coefficient (Wildman–Crippen LogP) is 4.36. The monoisotopic (exact) mass is 373 g/mol. The van der Waals surface area contributed by atoms with E-state index in [0.29, 0.717) is 44.1 Å². The van der Waals surface area contributed by atoms with Crippen molar-refractivity contribution < 1.29 is 13.6 Å². The smallest absolute Gasteiger partial charge is 0.225 e. The van der Waals surface area contributed by atoms with Gasteiger partial charge in [0.2, 0.25) is 5.91 Å². The number of fused-ring (bicyclic) bond motifs is 3. The number of alkyl halides is 1. The molecule has 1 atom stereocenters. The van der Waals surface area contributed by atoms with Crippen LogP contribution in [0.15, 0.2) is 30.7 Å². The molecule has 1 amide bonds. The molecule has 1 aromatic heterocycles. The SMILES string of the molecule is CN(C)C(=O)C1CCC(F)(CCC2c3c(F)cccc3-c3cncn32)CC1. The number of nitrogens with zero attached hydrogens (tertiary/aromatic N) is 3. The van der Waals surface area contributed by atoms with E-state index in [9.17, 15) is 9.18 Å². The lowest BCUT2D eigenvalue weighted by atomic mass is 9.76. The van der Waals surface area contributed by atoms with Crippen molar-refractivity contribution in [3.05, 3.63) is 42.1 Å². The van der Waals surface area contributed by atoms with Crippen molar-refractivity contribution in [3.63, 3.8) is 0 Å². The van der Waals surface area contributed by atoms with Gasteiger partial charge < -0.3 is 9.47 Å². The summed E-state index contributed by atoms with van der Waals surface area (Å²) in [6, 6.07) is 4.85. The maximum absolute atomic E-state index is 15.4. The first-order chi connectivity index (χ1) is 12.9. The molecule has 2 heterocycles. The summed E-state index contributed by atoms with van der Waals surface area (Å²) in [4.78, 5) is 17.9. The number of hydrogen-bond donors (Lipinski definition) is 0. The highest BCUT2D eigenvalue weighted by Gasteiger charge is 2.40. The fourth-order valence-electron chi connectivity index (χ4n) is 4.68. The second-order valence-corrected chi connectivity index (χ2v) is 8.10. The lowest BCUT2D eigenvalue weighted by Gasteiger charge is -2.35. The molecule has 4 nitrogen and oxygen atoms in total. The predicted molar refractivity (Wildman–Crippen MR) is 99.5 cm³/mol. The van der Waals surface area contributed by atoms with Gasteiger partial charge in [-0.15, -0.1) is 0 Å². The summed E-state index contributed by atoms with van der Waals surface area (Å²) in [7, 11) is 3.49. The maximum Gasteiger partial charge on any atom is 0.225 e. The first kappa shape index (κ1) is 18.1. The molecule has 1 unspecified atom stereocenters. The minimum absolute atomic E-state index is 0.0752. The molecule has 0 spiro atoms. The highest BCUT2D eigenvalue weighted by atomic mass is 19.1. The molecule has 0 N–H and O–H groups in total. The Kier molecular flexibility index (Phi) is 4.52. The van der Waals surface area contributed by atoms with E-state index in [1.54, 1.807) is 37.6 Å². The van der Waals surface area contributed by atoms with E-state index in [4.69, 9.17) is 0 Å². The molecule has 27 heavy (non-hydrogen) atoms. The largest absolute Gasteiger partial charge is 0.349 e. The van der Waals surface area contributed by atoms with Crippen LogP contribution < -0.4 is 0 Å². The van der Waals surface area contributed by atoms with E-state index < -0.39 is 5.67 Å². The molecule has 1 aliphatic carbocycles. The molecule has 2 aromatic rings. The van der Waals surface area contributed by atoms with Gasteiger partial charge in [-0.25, -0.2) is 13.8 Å². The van der Waals surface area contributed by atoms with E-state index in [-0.39, 0.29) is 23.7 Å². The van der Waals surface area contributed by atoms with E-state index >= 15 is 4.39 Å². The van der Waals surface area contributed by atoms with Gasteiger partial charge in [0.1, 0.15) is 11.5 Å². The Hall–Kier alpha value is -2.24. The number of amides is 1. The molecule has 1 saturated carbocycles. The zero-order chi connectivity index (χ0) is 19.2. The maximum atomic E-state index is 15.4. The molecule has 2 aliphatic rings. The number of rotatable bonds is 4. The lowest BCUT2D eigenvalue weighted by Crippen LogP contribution is -2.37. The van der Waals surface area contributed by atoms with Crippen LogP contribution >= 0.6 is 0 Å². The quantitative estimate of drug-likeness (QED) is 0.799. The van der Waals surface area contributed by atoms with Gasteiger partial charge in [0.25, 0.3) is 0 Å². The Morgan fingerprint density at radius 1 is 1.33 bits per heavy atom. The number of halogens is 2. The van der Waals surface area contributed by atoms with Crippen molar-refractivity contribution in [1.82, 2.24) is 14.5 Å². The summed E-state index contributed by atoms with van der Waals surface area (Å²) in [6.07, 6.45) is 6.29. The molecule has 1 aromatic carbocycles. The van der Waals surface area contributed by atoms with Gasteiger partial charge >= 0.3 is 0 Å². The Bertz CT molecular complexity index is 853. The van der Waals surface area contributed by atoms with Crippen molar-refractivity contribution in [3.8, 4) is 11.3 Å². The van der Waals surface area contributed by atoms with Gasteiger partial charge in [-0.1, -0.05) is 12.1 Å². The molecular formula is C21H25F2N3O. The molecule has 0 saturated heterocycles. The average molecular weight is 373 g/mol. The first-order valence-electron chi connectivity index (χ1n) is 9.60. The molecule has 6 heteroatoms. The molecule has 4 rings (SSSR count). The minimum atomic E-state index is -1.28. The molecule has 1 aliphatic heterocycles. The third-order valence-electron chi connectivity index (χ3n) is 6.20. The van der Waals surface area contributed by atoms with E-state index in [2.05, 4.69) is 4.98 Å². The number of benzene rings is 1. The third kappa shape index (κ3) is 3.15. The molecular weight excluding hydrogens is 348 g/mol. The normalized spacial score (nSPS) is 26.5. The Labute approximate surface area is 158 Å². The highest BCUT2D eigenvalue weighted by Crippen LogP contribution is 2.46. The number of carbonyl (C=O) groups excluding carboxylic acids is 1. The van der Waals surface area contributed by atoms with Gasteiger partial charge in [0.15, 0.2) is 0 Å². The van der Waals surface area contributed by atoms with Crippen LogP contribution in [0.4, 0.5) is 8.78 Å². The molecule has 0 radical (unpaired) electrons. The average Bonchev–Trinajstić information content (AvgIpc) is 3.22. The Morgan fingerprint density at radius 3 is 2.78 bits per heavy atom. The van der Waals surface area contributed by atoms with Crippen molar-refractivity contribution in [2.75, 3.05) is 14.1 Å². The summed E-state index contributed by atoms with van der Waals surface area (Å²) in [5, 5.41) is 0. The summed E-state index contributed by atoms with van der Waals surface area (Å²) >= 11 is 0. The van der Waals surface area contributed by atoms with Gasteiger partial charge in [0, 0.05) is 31.1 Å². The third-order valence-corrected chi connectivity index (χ3v) is 6.20. The van der Waals surface area contributed by atoms with Crippen LogP contribution in [-0.2, 0) is 4.79 Å². The second-order valence-electron chi connectivity index (χ2n) is 8.10. The number of aromatic nitrogens is 2. The van der Waals surface area contributed by atoms with Crippen LogP contribution in [0, 0.1) is 11.7 Å². The van der Waals surface area contributed by atoms with Crippen LogP contribution in [0.1, 0.15) is 50.1 Å². The first-order valence-corrected chi connectivity index (χ1v) is 9.60. The zero-order valence-corrected chi connectivity index (χ0v) is 15.8. The Morgan fingerprint density at radius 2 is 2.07 bits per heavy atom. The summed E-state index contributed by atoms with van der Waals surface area (Å²) in [5.74, 6) is -0.227. The Balaban J connectivity index is 1.46. The number of carbonyl (C=O) groups is 1. The fraction of sp³-hybridized carbons (Fsp3) is 0.524. The summed E-state index contributed by atoms with van der Waals surface area (Å²) in [5.41, 5.74) is 1.11. The minimum Gasteiger partial charge on any atom is -0.349 e. The van der Waals surface area contributed by atoms with Gasteiger partial charge in [-0.3, -0.25) is 4.79 Å². The van der Waals surface area contributed by atoms with E-state index in [1.165, 1.54) is 6.07 Å². The van der Waals surface area contributed by atoms with Crippen LogP contribution in [0.3, 0.4) is 0 Å². The summed E-state index contributed by atoms with van der Waals surface area (Å²) in [6.45, 7) is 0. The van der Waals surface area contributed by atoms with Gasteiger partial charge in [-0.2, -0.15) is 0 Å². The lowest BCUT2D eigenvalue weighted by molar-refractivity contribution is -0.135. The van der Waals surface area contributed by atoms with E-state index in [0.717, 1.165) is 11.3 Å². The number of hydrogen-bond acceptors (Lipinski definition) is 2. The van der Waals surface area contributed by atoms with Crippen molar-refractivity contribution in [1.29, 1.82) is 0 Å². The molecule has 0 bridgehead atoms. The van der Waals surface area contributed by atoms with E-state index in [1.807, 2.05) is 10.6 Å². The molecule has 144 valence electrons. The van der Waals surface area contributed by atoms with Crippen molar-refractivity contribution in [2.24, 2.45) is 5.92 Å². The summed E-state index contributed by atoms with van der Waals surface area (Å²) < 4.78 is 31.8. The van der Waals surface area contributed by atoms with Crippen molar-refractivity contribution in [2.45, 2.75) is 50.2 Å². The topological polar surface area (TPSA) is 38.1 Å². The van der Waals surface area contributed by atoms with Crippen LogP contribution in [0.5, 0.6) is 0 Å². The second kappa shape index (κ2) is 6.73. The van der Waals surface area contributed by atoms with Crippen LogP contribution in [-0.4, -0.2) is 40.1 Å². The highest BCUT2D eigenvalue weighted by molar-refractivity contribution is 5.78. The van der Waals surface area contributed by atoms with Gasteiger partial charge in [0.05, 0.1) is 24.3 Å². The number of imidazole rings is 1. The molecule has 1 fully saturated rings. The van der Waals surface area contributed by atoms with Gasteiger partial charge in [-0.05, 0) is 44.6 Å². The zero-order valence-electron chi connectivity index (χ0n) is 15.8. The standard InChI is InChI=1S/C21H25F2N3O/c1-25(2)20(27)14-6-9-21(23,10-7-14)11-8-17-19-15(4-3-5-16(19)22)18-12-24-13-26(17)18/h3-5,12-14,17H,6-11H2,1-2H3. The fourth-order valence-corrected chi connectivity index (χ4v) is 4.68. The van der Waals surface area contributed by atoms with Crippen molar-refractivity contribution >= 4 is 5.91 Å². The van der Waals surface area contributed by atoms with Crippen LogP contribution in [0.2, 0.25) is 0 Å². The van der Waals surface area contributed by atoms with Crippen LogP contribution in [0.25, 0.3) is 11.3 Å².